The van der Waals surface area contributed by atoms with Gasteiger partial charge in [0, 0.05) is 25.4 Å². The minimum Gasteiger partial charge on any atom is -0.493 e. The highest BCUT2D eigenvalue weighted by molar-refractivity contribution is 5.74. The number of fused-ring (bicyclic) bond motifs is 2. The second kappa shape index (κ2) is 5.82. The molecule has 1 aromatic carbocycles. The van der Waals surface area contributed by atoms with Crippen molar-refractivity contribution < 1.29 is 14.3 Å². The average Bonchev–Trinajstić information content (AvgIpc) is 2.54. The summed E-state index contributed by atoms with van der Waals surface area (Å²) in [7, 11) is 3.34. The van der Waals surface area contributed by atoms with Crippen LogP contribution >= 0.6 is 0 Å². The Labute approximate surface area is 132 Å². The van der Waals surface area contributed by atoms with E-state index in [1.54, 1.807) is 21.1 Å². The van der Waals surface area contributed by atoms with Crippen LogP contribution in [0.25, 0.3) is 0 Å². The van der Waals surface area contributed by atoms with E-state index in [1.807, 2.05) is 4.90 Å². The van der Waals surface area contributed by atoms with Crippen molar-refractivity contribution in [3.8, 4) is 11.5 Å². The molecule has 0 N–H and O–H groups in total. The van der Waals surface area contributed by atoms with Crippen molar-refractivity contribution in [2.24, 2.45) is 0 Å². The second-order valence-corrected chi connectivity index (χ2v) is 6.58. The lowest BCUT2D eigenvalue weighted by atomic mass is 9.66. The summed E-state index contributed by atoms with van der Waals surface area (Å²) in [6.45, 7) is 3.18. The van der Waals surface area contributed by atoms with Crippen LogP contribution in [-0.4, -0.2) is 31.6 Å². The van der Waals surface area contributed by atoms with Gasteiger partial charge in [0.1, 0.15) is 0 Å². The molecule has 4 nitrogen and oxygen atoms in total. The number of ether oxygens (including phenoxy) is 2. The monoisotopic (exact) mass is 303 g/mol. The zero-order valence-electron chi connectivity index (χ0n) is 13.8. The highest BCUT2D eigenvalue weighted by Gasteiger charge is 2.41. The Kier molecular flexibility index (Phi) is 4.02. The first-order valence-electron chi connectivity index (χ1n) is 8.10. The van der Waals surface area contributed by atoms with Crippen LogP contribution in [0.3, 0.4) is 0 Å². The maximum atomic E-state index is 12.0. The fourth-order valence-electron chi connectivity index (χ4n) is 4.14. The first-order valence-corrected chi connectivity index (χ1v) is 8.10. The molecule has 0 aromatic heterocycles. The van der Waals surface area contributed by atoms with Crippen molar-refractivity contribution in [2.45, 2.75) is 51.0 Å². The number of hydrogen-bond acceptors (Lipinski definition) is 3. The lowest BCUT2D eigenvalue weighted by molar-refractivity contribution is -0.131. The SMILES string of the molecule is COc1cc2c(cc1OC)C1(CCCCC1)CN(C(C)=O)C2. The highest BCUT2D eigenvalue weighted by atomic mass is 16.5. The van der Waals surface area contributed by atoms with Gasteiger partial charge in [-0.05, 0) is 36.1 Å². The zero-order chi connectivity index (χ0) is 15.7. The number of rotatable bonds is 2. The van der Waals surface area contributed by atoms with Crippen molar-refractivity contribution in [1.29, 1.82) is 0 Å². The summed E-state index contributed by atoms with van der Waals surface area (Å²) in [4.78, 5) is 14.0. The highest BCUT2D eigenvalue weighted by Crippen LogP contribution is 2.47. The summed E-state index contributed by atoms with van der Waals surface area (Å²) in [5.41, 5.74) is 2.67. The predicted molar refractivity (Wildman–Crippen MR) is 85.4 cm³/mol. The summed E-state index contributed by atoms with van der Waals surface area (Å²) < 4.78 is 11.0. The Bertz CT molecular complexity index is 576. The summed E-state index contributed by atoms with van der Waals surface area (Å²) in [6, 6.07) is 4.20. The molecule has 1 saturated carbocycles. The van der Waals surface area contributed by atoms with Gasteiger partial charge in [0.05, 0.1) is 14.2 Å². The van der Waals surface area contributed by atoms with Crippen LogP contribution in [0.15, 0.2) is 12.1 Å². The largest absolute Gasteiger partial charge is 0.493 e. The number of carbonyl (C=O) groups is 1. The van der Waals surface area contributed by atoms with Crippen molar-refractivity contribution in [3.05, 3.63) is 23.3 Å². The molecule has 1 heterocycles. The molecular weight excluding hydrogens is 278 g/mol. The summed E-state index contributed by atoms with van der Waals surface area (Å²) in [6.07, 6.45) is 6.07. The van der Waals surface area contributed by atoms with Gasteiger partial charge >= 0.3 is 0 Å². The Balaban J connectivity index is 2.11. The minimum atomic E-state index is 0.0943. The molecule has 0 radical (unpaired) electrons. The van der Waals surface area contributed by atoms with Gasteiger partial charge in [-0.15, -0.1) is 0 Å². The van der Waals surface area contributed by atoms with Gasteiger partial charge in [-0.2, -0.15) is 0 Å². The smallest absolute Gasteiger partial charge is 0.219 e. The molecule has 1 amide bonds. The standard InChI is InChI=1S/C18H25NO3/c1-13(20)19-11-14-9-16(21-2)17(22-3)10-15(14)18(12-19)7-5-4-6-8-18/h9-10H,4-8,11-12H2,1-3H3. The Morgan fingerprint density at radius 3 is 2.32 bits per heavy atom. The fourth-order valence-corrected chi connectivity index (χ4v) is 4.14. The average molecular weight is 303 g/mol. The molecule has 4 heteroatoms. The third-order valence-electron chi connectivity index (χ3n) is 5.29. The van der Waals surface area contributed by atoms with Crippen molar-refractivity contribution in [2.75, 3.05) is 20.8 Å². The van der Waals surface area contributed by atoms with Gasteiger partial charge in [-0.1, -0.05) is 19.3 Å². The Morgan fingerprint density at radius 2 is 1.73 bits per heavy atom. The number of amides is 1. The molecule has 0 atom stereocenters. The number of carbonyl (C=O) groups excluding carboxylic acids is 1. The normalized spacial score (nSPS) is 19.7. The third kappa shape index (κ3) is 2.44. The molecule has 22 heavy (non-hydrogen) atoms. The van der Waals surface area contributed by atoms with E-state index in [4.69, 9.17) is 9.47 Å². The van der Waals surface area contributed by atoms with E-state index in [-0.39, 0.29) is 11.3 Å². The van der Waals surface area contributed by atoms with Gasteiger partial charge in [-0.3, -0.25) is 4.79 Å². The van der Waals surface area contributed by atoms with Crippen LogP contribution in [0.1, 0.15) is 50.2 Å². The summed E-state index contributed by atoms with van der Waals surface area (Å²) >= 11 is 0. The fraction of sp³-hybridized carbons (Fsp3) is 0.611. The van der Waals surface area contributed by atoms with Crippen LogP contribution in [0.4, 0.5) is 0 Å². The van der Waals surface area contributed by atoms with Crippen molar-refractivity contribution in [3.63, 3.8) is 0 Å². The van der Waals surface area contributed by atoms with Gasteiger partial charge in [0.25, 0.3) is 0 Å². The van der Waals surface area contributed by atoms with Crippen LogP contribution < -0.4 is 9.47 Å². The van der Waals surface area contributed by atoms with Gasteiger partial charge in [-0.25, -0.2) is 0 Å². The van der Waals surface area contributed by atoms with Gasteiger partial charge < -0.3 is 14.4 Å². The molecule has 3 rings (SSSR count). The maximum absolute atomic E-state index is 12.0. The molecule has 1 spiro atoms. The lowest BCUT2D eigenvalue weighted by Crippen LogP contribution is -2.48. The van der Waals surface area contributed by atoms with E-state index in [2.05, 4.69) is 12.1 Å². The zero-order valence-corrected chi connectivity index (χ0v) is 13.8. The topological polar surface area (TPSA) is 38.8 Å². The molecular formula is C18H25NO3. The molecule has 0 saturated heterocycles. The molecule has 120 valence electrons. The summed E-state index contributed by atoms with van der Waals surface area (Å²) in [5, 5.41) is 0. The van der Waals surface area contributed by atoms with E-state index < -0.39 is 0 Å². The van der Waals surface area contributed by atoms with Gasteiger partial charge in [0.15, 0.2) is 11.5 Å². The number of hydrogen-bond donors (Lipinski definition) is 0. The molecule has 0 unspecified atom stereocenters. The van der Waals surface area contributed by atoms with Crippen LogP contribution in [0.5, 0.6) is 11.5 Å². The number of nitrogens with zero attached hydrogens (tertiary/aromatic N) is 1. The third-order valence-corrected chi connectivity index (χ3v) is 5.29. The molecule has 1 fully saturated rings. The maximum Gasteiger partial charge on any atom is 0.219 e. The number of methoxy groups -OCH3 is 2. The molecule has 0 bridgehead atoms. The van der Waals surface area contributed by atoms with Crippen LogP contribution in [0.2, 0.25) is 0 Å². The van der Waals surface area contributed by atoms with Crippen molar-refractivity contribution >= 4 is 5.91 Å². The lowest BCUT2D eigenvalue weighted by Gasteiger charge is -2.46. The van der Waals surface area contributed by atoms with Gasteiger partial charge in [0.2, 0.25) is 5.91 Å². The molecule has 1 aliphatic heterocycles. The first-order chi connectivity index (χ1) is 10.6. The van der Waals surface area contributed by atoms with E-state index in [0.29, 0.717) is 6.54 Å². The van der Waals surface area contributed by atoms with Crippen molar-refractivity contribution in [1.82, 2.24) is 4.90 Å². The molecule has 1 aromatic rings. The number of benzene rings is 1. The quantitative estimate of drug-likeness (QED) is 0.841. The van der Waals surface area contributed by atoms with Crippen LogP contribution in [-0.2, 0) is 16.8 Å². The molecule has 1 aliphatic carbocycles. The second-order valence-electron chi connectivity index (χ2n) is 6.58. The van der Waals surface area contributed by atoms with E-state index in [1.165, 1.54) is 30.4 Å². The Morgan fingerprint density at radius 1 is 1.09 bits per heavy atom. The minimum absolute atomic E-state index is 0.0943. The van der Waals surface area contributed by atoms with E-state index in [9.17, 15) is 4.79 Å². The summed E-state index contributed by atoms with van der Waals surface area (Å²) in [5.74, 6) is 1.70. The van der Waals surface area contributed by atoms with E-state index in [0.717, 1.165) is 30.9 Å². The first kappa shape index (κ1) is 15.2. The van der Waals surface area contributed by atoms with Crippen LogP contribution in [0, 0.1) is 0 Å². The predicted octanol–water partition coefficient (Wildman–Crippen LogP) is 3.27. The Hall–Kier alpha value is -1.71. The van der Waals surface area contributed by atoms with E-state index >= 15 is 0 Å². The molecule has 2 aliphatic rings.